The van der Waals surface area contributed by atoms with Crippen molar-refractivity contribution in [3.63, 3.8) is 0 Å². The Kier molecular flexibility index (Phi) is 0.662. The van der Waals surface area contributed by atoms with Gasteiger partial charge >= 0.3 is 0 Å². The van der Waals surface area contributed by atoms with Crippen molar-refractivity contribution < 1.29 is 0 Å². The largest absolute Gasteiger partial charge is 0.327 e. The van der Waals surface area contributed by atoms with E-state index >= 15 is 0 Å². The lowest BCUT2D eigenvalue weighted by Gasteiger charge is -1.88. The van der Waals surface area contributed by atoms with Crippen molar-refractivity contribution in [3.05, 3.63) is 12.2 Å². The average molecular weight is 109 g/mol. The van der Waals surface area contributed by atoms with E-state index in [1.807, 2.05) is 0 Å². The van der Waals surface area contributed by atoms with Gasteiger partial charge in [0.1, 0.15) is 0 Å². The highest BCUT2D eigenvalue weighted by Gasteiger charge is 2.67. The molecule has 0 amide bonds. The van der Waals surface area contributed by atoms with E-state index in [0.29, 0.717) is 12.0 Å². The number of hydrogen-bond acceptors (Lipinski definition) is 1. The molecule has 0 aliphatic heterocycles. The number of nitrogens with two attached hydrogens (primary N) is 1. The van der Waals surface area contributed by atoms with Crippen LogP contribution < -0.4 is 5.73 Å². The molecule has 2 fully saturated rings. The molecule has 0 spiro atoms. The Balaban J connectivity index is 1.91. The third-order valence-electron chi connectivity index (χ3n) is 2.33. The SMILES string of the molecule is NC/C=C\C12CC1C2. The van der Waals surface area contributed by atoms with E-state index in [0.717, 1.165) is 5.92 Å². The third kappa shape index (κ3) is 0.451. The molecular formula is C7H11N. The molecule has 2 rings (SSSR count). The van der Waals surface area contributed by atoms with Crippen LogP contribution in [-0.4, -0.2) is 6.54 Å². The van der Waals surface area contributed by atoms with Crippen molar-refractivity contribution in [1.82, 2.24) is 0 Å². The zero-order chi connectivity index (χ0) is 5.61. The van der Waals surface area contributed by atoms with Gasteiger partial charge in [0.15, 0.2) is 0 Å². The van der Waals surface area contributed by atoms with Crippen molar-refractivity contribution in [2.24, 2.45) is 17.1 Å². The molecule has 0 radical (unpaired) electrons. The summed E-state index contributed by atoms with van der Waals surface area (Å²) in [7, 11) is 0. The van der Waals surface area contributed by atoms with Gasteiger partial charge < -0.3 is 5.73 Å². The van der Waals surface area contributed by atoms with E-state index in [1.54, 1.807) is 0 Å². The lowest BCUT2D eigenvalue weighted by molar-refractivity contribution is 0.795. The van der Waals surface area contributed by atoms with Gasteiger partial charge in [-0.25, -0.2) is 0 Å². The second-order valence-corrected chi connectivity index (χ2v) is 2.98. The van der Waals surface area contributed by atoms with Crippen LogP contribution in [0.25, 0.3) is 0 Å². The highest BCUT2D eigenvalue weighted by atomic mass is 14.7. The third-order valence-corrected chi connectivity index (χ3v) is 2.33. The van der Waals surface area contributed by atoms with Gasteiger partial charge in [-0.15, -0.1) is 0 Å². The maximum atomic E-state index is 5.30. The Morgan fingerprint density at radius 3 is 2.62 bits per heavy atom. The van der Waals surface area contributed by atoms with Crippen LogP contribution in [0, 0.1) is 11.3 Å². The highest BCUT2D eigenvalue weighted by molar-refractivity contribution is 5.28. The number of allylic oxidation sites excluding steroid dienone is 1. The molecule has 0 unspecified atom stereocenters. The second kappa shape index (κ2) is 1.16. The Morgan fingerprint density at radius 1 is 1.62 bits per heavy atom. The molecule has 0 aromatic rings. The van der Waals surface area contributed by atoms with Crippen LogP contribution >= 0.6 is 0 Å². The Hall–Kier alpha value is -0.300. The van der Waals surface area contributed by atoms with Crippen LogP contribution in [0.2, 0.25) is 0 Å². The van der Waals surface area contributed by atoms with Gasteiger partial charge in [0, 0.05) is 6.54 Å². The number of fused-ring (bicyclic) bond motifs is 1. The molecule has 0 saturated heterocycles. The minimum absolute atomic E-state index is 0.708. The summed E-state index contributed by atoms with van der Waals surface area (Å²) in [6.45, 7) is 0.717. The van der Waals surface area contributed by atoms with Crippen molar-refractivity contribution in [1.29, 1.82) is 0 Å². The van der Waals surface area contributed by atoms with E-state index in [9.17, 15) is 0 Å². The Bertz CT molecular complexity index is 131. The summed E-state index contributed by atoms with van der Waals surface area (Å²) in [6, 6.07) is 0. The molecule has 2 N–H and O–H groups in total. The van der Waals surface area contributed by atoms with Crippen molar-refractivity contribution in [2.45, 2.75) is 12.8 Å². The van der Waals surface area contributed by atoms with Crippen molar-refractivity contribution in [2.75, 3.05) is 6.54 Å². The quantitative estimate of drug-likeness (QED) is 0.524. The fourth-order valence-corrected chi connectivity index (χ4v) is 1.31. The molecule has 0 aromatic heterocycles. The summed E-state index contributed by atoms with van der Waals surface area (Å²) in [5, 5.41) is 0. The zero-order valence-electron chi connectivity index (χ0n) is 4.93. The first kappa shape index (κ1) is 4.57. The molecule has 8 heavy (non-hydrogen) atoms. The first-order valence-electron chi connectivity index (χ1n) is 3.25. The summed E-state index contributed by atoms with van der Waals surface area (Å²) in [6.07, 6.45) is 7.29. The molecule has 0 bridgehead atoms. The van der Waals surface area contributed by atoms with E-state index < -0.39 is 0 Å². The number of rotatable bonds is 2. The first-order valence-corrected chi connectivity index (χ1v) is 3.25. The average Bonchev–Trinajstić information content (AvgIpc) is 2.45. The molecular weight excluding hydrogens is 98.1 g/mol. The van der Waals surface area contributed by atoms with Gasteiger partial charge in [-0.2, -0.15) is 0 Å². The molecule has 44 valence electrons. The highest BCUT2D eigenvalue weighted by Crippen LogP contribution is 2.76. The zero-order valence-corrected chi connectivity index (χ0v) is 4.93. The van der Waals surface area contributed by atoms with Crippen molar-refractivity contribution in [3.8, 4) is 0 Å². The Morgan fingerprint density at radius 2 is 2.25 bits per heavy atom. The fourth-order valence-electron chi connectivity index (χ4n) is 1.31. The predicted molar refractivity (Wildman–Crippen MR) is 33.4 cm³/mol. The maximum absolute atomic E-state index is 5.30. The molecule has 0 atom stereocenters. The van der Waals surface area contributed by atoms with Gasteiger partial charge in [0.2, 0.25) is 0 Å². The summed E-state index contributed by atoms with van der Waals surface area (Å²) < 4.78 is 0. The molecule has 2 aliphatic rings. The smallest absolute Gasteiger partial charge is 0.0107 e. The molecule has 0 aromatic carbocycles. The predicted octanol–water partition coefficient (Wildman–Crippen LogP) is 0.911. The second-order valence-electron chi connectivity index (χ2n) is 2.98. The minimum atomic E-state index is 0.708. The molecule has 1 heteroatoms. The first-order chi connectivity index (χ1) is 3.87. The van der Waals surface area contributed by atoms with Crippen molar-refractivity contribution >= 4 is 0 Å². The van der Waals surface area contributed by atoms with E-state index in [4.69, 9.17) is 5.73 Å². The van der Waals surface area contributed by atoms with Crippen LogP contribution in [0.5, 0.6) is 0 Å². The standard InChI is InChI=1S/C7H11N/c8-3-1-2-7-4-6(7)5-7/h1-2,6H,3-5,8H2/b2-1-. The summed E-state index contributed by atoms with van der Waals surface area (Å²) in [4.78, 5) is 0. The van der Waals surface area contributed by atoms with Crippen LogP contribution in [0.3, 0.4) is 0 Å². The van der Waals surface area contributed by atoms with E-state index in [1.165, 1.54) is 12.8 Å². The van der Waals surface area contributed by atoms with Gasteiger partial charge in [-0.05, 0) is 24.2 Å². The number of hydrogen-bond donors (Lipinski definition) is 1. The normalized spacial score (nSPS) is 49.4. The molecule has 1 nitrogen and oxygen atoms in total. The monoisotopic (exact) mass is 109 g/mol. The van der Waals surface area contributed by atoms with Crippen LogP contribution in [0.4, 0.5) is 0 Å². The van der Waals surface area contributed by atoms with Gasteiger partial charge in [-0.1, -0.05) is 12.2 Å². The summed E-state index contributed by atoms with van der Waals surface area (Å²) in [5.74, 6) is 1.07. The van der Waals surface area contributed by atoms with Crippen LogP contribution in [0.1, 0.15) is 12.8 Å². The van der Waals surface area contributed by atoms with Crippen LogP contribution in [0.15, 0.2) is 12.2 Å². The summed E-state index contributed by atoms with van der Waals surface area (Å²) in [5.41, 5.74) is 6.00. The van der Waals surface area contributed by atoms with E-state index in [-0.39, 0.29) is 0 Å². The lowest BCUT2D eigenvalue weighted by Crippen LogP contribution is -1.93. The van der Waals surface area contributed by atoms with Gasteiger partial charge in [0.25, 0.3) is 0 Å². The topological polar surface area (TPSA) is 26.0 Å². The molecule has 2 saturated carbocycles. The van der Waals surface area contributed by atoms with Crippen LogP contribution in [-0.2, 0) is 0 Å². The fraction of sp³-hybridized carbons (Fsp3) is 0.714. The van der Waals surface area contributed by atoms with E-state index in [2.05, 4.69) is 12.2 Å². The maximum Gasteiger partial charge on any atom is 0.0107 e. The lowest BCUT2D eigenvalue weighted by atomic mass is 10.2. The summed E-state index contributed by atoms with van der Waals surface area (Å²) >= 11 is 0. The molecule has 0 heterocycles. The van der Waals surface area contributed by atoms with Gasteiger partial charge in [0.05, 0.1) is 0 Å². The Labute approximate surface area is 49.6 Å². The minimum Gasteiger partial charge on any atom is -0.327 e. The molecule has 2 aliphatic carbocycles. The van der Waals surface area contributed by atoms with Gasteiger partial charge in [-0.3, -0.25) is 0 Å².